The van der Waals surface area contributed by atoms with Gasteiger partial charge in [0.2, 0.25) is 0 Å². The molecule has 0 amide bonds. The number of benzene rings is 1. The smallest absolute Gasteiger partial charge is 0.0960 e. The molecule has 1 atom stereocenters. The molecule has 1 saturated heterocycles. The highest BCUT2D eigenvalue weighted by atomic mass is 15.2. The summed E-state index contributed by atoms with van der Waals surface area (Å²) in [7, 11) is 4.34. The van der Waals surface area contributed by atoms with E-state index >= 15 is 0 Å². The Bertz CT molecular complexity index is 699. The van der Waals surface area contributed by atoms with Gasteiger partial charge >= 0.3 is 0 Å². The fourth-order valence-corrected chi connectivity index (χ4v) is 4.73. The van der Waals surface area contributed by atoms with E-state index in [1.54, 1.807) is 0 Å². The lowest BCUT2D eigenvalue weighted by Gasteiger charge is -2.28. The minimum atomic E-state index is 0.657. The lowest BCUT2D eigenvalue weighted by molar-refractivity contribution is 0.359. The van der Waals surface area contributed by atoms with Crippen molar-refractivity contribution in [1.82, 2.24) is 14.5 Å². The van der Waals surface area contributed by atoms with Crippen LogP contribution in [0.2, 0.25) is 0 Å². The standard InChI is InChI=1S/C21H32N4/c1-23(2)14-12-18-9-6-13-24(18)19-10-11-21-20(15-19)22-16-25(21)17-7-4-3-5-8-17/h10-11,15-18H,3-9,12-14H2,1-2H3. The molecule has 4 nitrogen and oxygen atoms in total. The van der Waals surface area contributed by atoms with Gasteiger partial charge in [-0.05, 0) is 70.9 Å². The van der Waals surface area contributed by atoms with E-state index in [1.807, 2.05) is 0 Å². The zero-order valence-corrected chi connectivity index (χ0v) is 15.8. The van der Waals surface area contributed by atoms with Crippen LogP contribution in [0.3, 0.4) is 0 Å². The minimum absolute atomic E-state index is 0.657. The van der Waals surface area contributed by atoms with Crippen LogP contribution in [0.5, 0.6) is 0 Å². The molecule has 1 saturated carbocycles. The van der Waals surface area contributed by atoms with E-state index in [-0.39, 0.29) is 0 Å². The summed E-state index contributed by atoms with van der Waals surface area (Å²) in [5.41, 5.74) is 3.85. The summed E-state index contributed by atoms with van der Waals surface area (Å²) >= 11 is 0. The lowest BCUT2D eigenvalue weighted by atomic mass is 9.95. The van der Waals surface area contributed by atoms with Crippen LogP contribution in [0.15, 0.2) is 24.5 Å². The highest BCUT2D eigenvalue weighted by Crippen LogP contribution is 2.33. The normalized spacial score (nSPS) is 22.4. The van der Waals surface area contributed by atoms with Gasteiger partial charge in [-0.3, -0.25) is 0 Å². The fraction of sp³-hybridized carbons (Fsp3) is 0.667. The van der Waals surface area contributed by atoms with Gasteiger partial charge in [0.15, 0.2) is 0 Å². The van der Waals surface area contributed by atoms with Crippen LogP contribution >= 0.6 is 0 Å². The molecule has 136 valence electrons. The summed E-state index contributed by atoms with van der Waals surface area (Å²) in [5, 5.41) is 0. The number of rotatable bonds is 5. The van der Waals surface area contributed by atoms with Crippen LogP contribution in [0.4, 0.5) is 5.69 Å². The van der Waals surface area contributed by atoms with Crippen molar-refractivity contribution in [2.75, 3.05) is 32.1 Å². The monoisotopic (exact) mass is 340 g/mol. The molecule has 4 rings (SSSR count). The molecule has 1 aliphatic heterocycles. The maximum atomic E-state index is 4.75. The van der Waals surface area contributed by atoms with Gasteiger partial charge in [-0.2, -0.15) is 0 Å². The Kier molecular flexibility index (Phi) is 4.98. The van der Waals surface area contributed by atoms with Gasteiger partial charge in [0.25, 0.3) is 0 Å². The molecule has 1 aromatic carbocycles. The number of aromatic nitrogens is 2. The molecule has 1 aliphatic carbocycles. The Morgan fingerprint density at radius 1 is 1.08 bits per heavy atom. The van der Waals surface area contributed by atoms with E-state index in [0.29, 0.717) is 12.1 Å². The van der Waals surface area contributed by atoms with Gasteiger partial charge in [-0.25, -0.2) is 4.98 Å². The predicted molar refractivity (Wildman–Crippen MR) is 105 cm³/mol. The van der Waals surface area contributed by atoms with Crippen LogP contribution in [-0.2, 0) is 0 Å². The zero-order valence-electron chi connectivity index (χ0n) is 15.8. The molecule has 4 heteroatoms. The molecule has 25 heavy (non-hydrogen) atoms. The van der Waals surface area contributed by atoms with Crippen molar-refractivity contribution >= 4 is 16.7 Å². The first-order chi connectivity index (χ1) is 12.2. The van der Waals surface area contributed by atoms with Crippen molar-refractivity contribution in [1.29, 1.82) is 0 Å². The first-order valence-electron chi connectivity index (χ1n) is 10.1. The Morgan fingerprint density at radius 2 is 1.92 bits per heavy atom. The summed E-state index contributed by atoms with van der Waals surface area (Å²) < 4.78 is 2.44. The van der Waals surface area contributed by atoms with Crippen molar-refractivity contribution < 1.29 is 0 Å². The molecular weight excluding hydrogens is 308 g/mol. The molecule has 0 radical (unpaired) electrons. The predicted octanol–water partition coefficient (Wildman–Crippen LogP) is 4.46. The quantitative estimate of drug-likeness (QED) is 0.803. The fourth-order valence-electron chi connectivity index (χ4n) is 4.73. The molecule has 2 aromatic rings. The molecule has 0 bridgehead atoms. The van der Waals surface area contributed by atoms with Crippen molar-refractivity contribution in [3.63, 3.8) is 0 Å². The summed E-state index contributed by atoms with van der Waals surface area (Å²) in [4.78, 5) is 9.66. The number of hydrogen-bond acceptors (Lipinski definition) is 3. The molecular formula is C21H32N4. The van der Waals surface area contributed by atoms with Crippen LogP contribution < -0.4 is 4.90 Å². The number of fused-ring (bicyclic) bond motifs is 1. The molecule has 2 fully saturated rings. The van der Waals surface area contributed by atoms with Gasteiger partial charge in [0.05, 0.1) is 17.4 Å². The number of imidazole rings is 1. The summed E-state index contributed by atoms with van der Waals surface area (Å²) in [6.07, 6.45) is 12.7. The Morgan fingerprint density at radius 3 is 2.72 bits per heavy atom. The van der Waals surface area contributed by atoms with Crippen molar-refractivity contribution in [2.45, 2.75) is 63.5 Å². The number of hydrogen-bond donors (Lipinski definition) is 0. The molecule has 2 heterocycles. The molecule has 0 N–H and O–H groups in total. The van der Waals surface area contributed by atoms with E-state index in [4.69, 9.17) is 4.98 Å². The van der Waals surface area contributed by atoms with Gasteiger partial charge in [-0.1, -0.05) is 19.3 Å². The van der Waals surface area contributed by atoms with Crippen LogP contribution in [0, 0.1) is 0 Å². The third kappa shape index (κ3) is 3.55. The zero-order chi connectivity index (χ0) is 17.2. The van der Waals surface area contributed by atoms with E-state index < -0.39 is 0 Å². The maximum Gasteiger partial charge on any atom is 0.0960 e. The first kappa shape index (κ1) is 16.9. The van der Waals surface area contributed by atoms with Crippen LogP contribution in [0.25, 0.3) is 11.0 Å². The molecule has 1 unspecified atom stereocenters. The van der Waals surface area contributed by atoms with E-state index in [1.165, 1.54) is 81.2 Å². The van der Waals surface area contributed by atoms with E-state index in [0.717, 1.165) is 0 Å². The molecule has 1 aromatic heterocycles. The van der Waals surface area contributed by atoms with Crippen molar-refractivity contribution in [3.05, 3.63) is 24.5 Å². The second kappa shape index (κ2) is 7.36. The number of anilines is 1. The lowest BCUT2D eigenvalue weighted by Crippen LogP contribution is -2.32. The molecule has 2 aliphatic rings. The summed E-state index contributed by atoms with van der Waals surface area (Å²) in [5.74, 6) is 0. The second-order valence-corrected chi connectivity index (χ2v) is 8.20. The maximum absolute atomic E-state index is 4.75. The molecule has 0 spiro atoms. The summed E-state index contributed by atoms with van der Waals surface area (Å²) in [6, 6.07) is 8.30. The largest absolute Gasteiger partial charge is 0.368 e. The minimum Gasteiger partial charge on any atom is -0.368 e. The average Bonchev–Trinajstić information content (AvgIpc) is 3.27. The van der Waals surface area contributed by atoms with Gasteiger partial charge in [0.1, 0.15) is 0 Å². The number of nitrogens with zero attached hydrogens (tertiary/aromatic N) is 4. The Hall–Kier alpha value is -1.55. The highest BCUT2D eigenvalue weighted by Gasteiger charge is 2.25. The van der Waals surface area contributed by atoms with Gasteiger partial charge < -0.3 is 14.4 Å². The average molecular weight is 341 g/mol. The van der Waals surface area contributed by atoms with E-state index in [2.05, 4.69) is 53.0 Å². The SMILES string of the molecule is CN(C)CCC1CCCN1c1ccc2c(c1)ncn2C1CCCCC1. The topological polar surface area (TPSA) is 24.3 Å². The highest BCUT2D eigenvalue weighted by molar-refractivity contribution is 5.80. The second-order valence-electron chi connectivity index (χ2n) is 8.20. The van der Waals surface area contributed by atoms with Gasteiger partial charge in [-0.15, -0.1) is 0 Å². The summed E-state index contributed by atoms with van der Waals surface area (Å²) in [6.45, 7) is 2.35. The van der Waals surface area contributed by atoms with Crippen molar-refractivity contribution in [2.24, 2.45) is 0 Å². The van der Waals surface area contributed by atoms with E-state index in [9.17, 15) is 0 Å². The third-order valence-electron chi connectivity index (χ3n) is 6.14. The van der Waals surface area contributed by atoms with Crippen molar-refractivity contribution in [3.8, 4) is 0 Å². The van der Waals surface area contributed by atoms with Crippen LogP contribution in [-0.4, -0.2) is 47.7 Å². The van der Waals surface area contributed by atoms with Crippen LogP contribution in [0.1, 0.15) is 57.4 Å². The third-order valence-corrected chi connectivity index (χ3v) is 6.14. The first-order valence-corrected chi connectivity index (χ1v) is 10.1. The van der Waals surface area contributed by atoms with Gasteiger partial charge in [0, 0.05) is 24.3 Å². The Labute approximate surface area is 151 Å². The Balaban J connectivity index is 1.55.